The highest BCUT2D eigenvalue weighted by atomic mass is 32.2. The second-order valence-electron chi connectivity index (χ2n) is 4.89. The molecule has 0 heterocycles. The van der Waals surface area contributed by atoms with Crippen LogP contribution in [0.4, 0.5) is 0 Å². The molecular weight excluding hydrogens is 270 g/mol. The van der Waals surface area contributed by atoms with Gasteiger partial charge < -0.3 is 0 Å². The lowest BCUT2D eigenvalue weighted by atomic mass is 10.2. The van der Waals surface area contributed by atoms with Gasteiger partial charge >= 0.3 is 0 Å². The number of aryl methyl sites for hydroxylation is 1. The summed E-state index contributed by atoms with van der Waals surface area (Å²) >= 11 is 0. The van der Waals surface area contributed by atoms with E-state index in [1.807, 2.05) is 6.92 Å². The van der Waals surface area contributed by atoms with E-state index in [0.29, 0.717) is 5.92 Å². The molecule has 0 spiro atoms. The van der Waals surface area contributed by atoms with Crippen LogP contribution in [-0.2, 0) is 10.0 Å². The van der Waals surface area contributed by atoms with Crippen molar-refractivity contribution in [1.82, 2.24) is 4.31 Å². The first kappa shape index (κ1) is 14.7. The highest BCUT2D eigenvalue weighted by Gasteiger charge is 2.23. The molecule has 0 atom stereocenters. The van der Waals surface area contributed by atoms with Crippen LogP contribution in [0.25, 0.3) is 0 Å². The van der Waals surface area contributed by atoms with Gasteiger partial charge in [-0.05, 0) is 31.9 Å². The molecule has 0 amide bonds. The van der Waals surface area contributed by atoms with E-state index in [1.54, 1.807) is 24.3 Å². The van der Waals surface area contributed by atoms with Crippen LogP contribution in [0.2, 0.25) is 0 Å². The summed E-state index contributed by atoms with van der Waals surface area (Å²) in [5.74, 6) is 8.81. The van der Waals surface area contributed by atoms with Crippen LogP contribution in [0.3, 0.4) is 0 Å². The molecule has 0 aromatic heterocycles. The fourth-order valence-corrected chi connectivity index (χ4v) is 2.95. The topological polar surface area (TPSA) is 37.4 Å². The first-order valence-corrected chi connectivity index (χ1v) is 7.96. The van der Waals surface area contributed by atoms with E-state index < -0.39 is 10.0 Å². The number of benzene rings is 1. The van der Waals surface area contributed by atoms with Gasteiger partial charge in [-0.1, -0.05) is 35.5 Å². The van der Waals surface area contributed by atoms with E-state index in [-0.39, 0.29) is 18.0 Å². The van der Waals surface area contributed by atoms with Crippen molar-refractivity contribution in [2.75, 3.05) is 13.1 Å². The second kappa shape index (κ2) is 6.13. The van der Waals surface area contributed by atoms with E-state index >= 15 is 0 Å². The minimum absolute atomic E-state index is 0.0373. The molecule has 0 aliphatic heterocycles. The Kier molecular flexibility index (Phi) is 4.49. The molecule has 1 aromatic carbocycles. The monoisotopic (exact) mass is 287 g/mol. The third kappa shape index (κ3) is 3.63. The van der Waals surface area contributed by atoms with E-state index in [1.165, 1.54) is 4.31 Å². The molecule has 20 heavy (non-hydrogen) atoms. The SMILES string of the molecule is C#CCN(CC#CC1CC1)S(=O)(=O)c1ccc(C)cc1. The second-order valence-corrected chi connectivity index (χ2v) is 6.82. The quantitative estimate of drug-likeness (QED) is 0.795. The van der Waals surface area contributed by atoms with Crippen molar-refractivity contribution in [3.63, 3.8) is 0 Å². The van der Waals surface area contributed by atoms with Crippen molar-refractivity contribution < 1.29 is 8.42 Å². The predicted molar refractivity (Wildman–Crippen MR) is 79.3 cm³/mol. The summed E-state index contributed by atoms with van der Waals surface area (Å²) in [6.45, 7) is 2.10. The van der Waals surface area contributed by atoms with Gasteiger partial charge in [0.15, 0.2) is 0 Å². The summed E-state index contributed by atoms with van der Waals surface area (Å²) < 4.78 is 26.2. The van der Waals surface area contributed by atoms with Crippen LogP contribution in [0.5, 0.6) is 0 Å². The highest BCUT2D eigenvalue weighted by molar-refractivity contribution is 7.89. The van der Waals surface area contributed by atoms with Gasteiger partial charge in [-0.15, -0.1) is 6.42 Å². The first-order chi connectivity index (χ1) is 9.54. The summed E-state index contributed by atoms with van der Waals surface area (Å²) in [4.78, 5) is 0.256. The molecule has 0 radical (unpaired) electrons. The lowest BCUT2D eigenvalue weighted by Gasteiger charge is -2.17. The van der Waals surface area contributed by atoms with Crippen LogP contribution < -0.4 is 0 Å². The van der Waals surface area contributed by atoms with Gasteiger partial charge in [0.2, 0.25) is 10.0 Å². The van der Waals surface area contributed by atoms with E-state index in [0.717, 1.165) is 18.4 Å². The molecule has 0 saturated heterocycles. The number of sulfonamides is 1. The number of nitrogens with zero attached hydrogens (tertiary/aromatic N) is 1. The maximum atomic E-state index is 12.5. The van der Waals surface area contributed by atoms with Crippen LogP contribution in [0.15, 0.2) is 29.2 Å². The van der Waals surface area contributed by atoms with Crippen molar-refractivity contribution in [3.8, 4) is 24.2 Å². The standard InChI is InChI=1S/C16H17NO2S/c1-3-12-17(13-4-5-15-8-9-15)20(18,19)16-10-6-14(2)7-11-16/h1,6-7,10-11,15H,8-9,12-13H2,2H3. The Bertz CT molecular complexity index is 668. The Balaban J connectivity index is 2.20. The zero-order chi connectivity index (χ0) is 14.6. The maximum Gasteiger partial charge on any atom is 0.244 e. The van der Waals surface area contributed by atoms with Crippen LogP contribution in [-0.4, -0.2) is 25.8 Å². The van der Waals surface area contributed by atoms with Gasteiger partial charge in [0, 0.05) is 5.92 Å². The molecular formula is C16H17NO2S. The van der Waals surface area contributed by atoms with Crippen molar-refractivity contribution in [2.45, 2.75) is 24.7 Å². The van der Waals surface area contributed by atoms with Crippen LogP contribution in [0, 0.1) is 37.0 Å². The molecule has 104 valence electrons. The minimum atomic E-state index is -3.57. The van der Waals surface area contributed by atoms with Crippen molar-refractivity contribution in [1.29, 1.82) is 0 Å². The molecule has 1 saturated carbocycles. The Hall–Kier alpha value is -1.75. The summed E-state index contributed by atoms with van der Waals surface area (Å²) in [6, 6.07) is 6.75. The first-order valence-electron chi connectivity index (χ1n) is 6.52. The average molecular weight is 287 g/mol. The smallest absolute Gasteiger partial charge is 0.207 e. The molecule has 1 aliphatic carbocycles. The average Bonchev–Trinajstić information content (AvgIpc) is 3.22. The van der Waals surface area contributed by atoms with Crippen LogP contribution >= 0.6 is 0 Å². The fraction of sp³-hybridized carbons (Fsp3) is 0.375. The maximum absolute atomic E-state index is 12.5. The largest absolute Gasteiger partial charge is 0.244 e. The number of hydrogen-bond acceptors (Lipinski definition) is 2. The predicted octanol–water partition coefficient (Wildman–Crippen LogP) is 2.03. The summed E-state index contributed by atoms with van der Waals surface area (Å²) in [5, 5.41) is 0. The fourth-order valence-electron chi connectivity index (χ4n) is 1.69. The normalized spacial score (nSPS) is 14.4. The lowest BCUT2D eigenvalue weighted by molar-refractivity contribution is 0.482. The van der Waals surface area contributed by atoms with E-state index in [9.17, 15) is 8.42 Å². The third-order valence-electron chi connectivity index (χ3n) is 3.07. The minimum Gasteiger partial charge on any atom is -0.207 e. The molecule has 4 heteroatoms. The molecule has 0 unspecified atom stereocenters. The molecule has 0 bridgehead atoms. The zero-order valence-corrected chi connectivity index (χ0v) is 12.3. The van der Waals surface area contributed by atoms with Gasteiger partial charge in [-0.25, -0.2) is 8.42 Å². The summed E-state index contributed by atoms with van der Waals surface area (Å²) in [6.07, 6.45) is 7.50. The zero-order valence-electron chi connectivity index (χ0n) is 11.5. The number of terminal acetylenes is 1. The van der Waals surface area contributed by atoms with E-state index in [2.05, 4.69) is 17.8 Å². The molecule has 1 fully saturated rings. The van der Waals surface area contributed by atoms with Gasteiger partial charge in [-0.2, -0.15) is 4.31 Å². The Morgan fingerprint density at radius 1 is 1.25 bits per heavy atom. The van der Waals surface area contributed by atoms with Gasteiger partial charge in [0.25, 0.3) is 0 Å². The molecule has 1 aromatic rings. The lowest BCUT2D eigenvalue weighted by Crippen LogP contribution is -2.32. The van der Waals surface area contributed by atoms with Gasteiger partial charge in [-0.3, -0.25) is 0 Å². The summed E-state index contributed by atoms with van der Waals surface area (Å²) in [5.41, 5.74) is 1.01. The van der Waals surface area contributed by atoms with Crippen LogP contribution in [0.1, 0.15) is 18.4 Å². The third-order valence-corrected chi connectivity index (χ3v) is 4.87. The molecule has 3 nitrogen and oxygen atoms in total. The number of rotatable bonds is 4. The Labute approximate surface area is 121 Å². The Morgan fingerprint density at radius 2 is 1.90 bits per heavy atom. The van der Waals surface area contributed by atoms with E-state index in [4.69, 9.17) is 6.42 Å². The van der Waals surface area contributed by atoms with Crippen molar-refractivity contribution in [2.24, 2.45) is 5.92 Å². The van der Waals surface area contributed by atoms with Crippen molar-refractivity contribution >= 4 is 10.0 Å². The Morgan fingerprint density at radius 3 is 2.45 bits per heavy atom. The molecule has 2 rings (SSSR count). The van der Waals surface area contributed by atoms with Gasteiger partial charge in [0.1, 0.15) is 0 Å². The molecule has 1 aliphatic rings. The number of hydrogen-bond donors (Lipinski definition) is 0. The molecule has 0 N–H and O–H groups in total. The van der Waals surface area contributed by atoms with Crippen molar-refractivity contribution in [3.05, 3.63) is 29.8 Å². The highest BCUT2D eigenvalue weighted by Crippen LogP contribution is 2.27. The van der Waals surface area contributed by atoms with Gasteiger partial charge in [0.05, 0.1) is 18.0 Å². The summed E-state index contributed by atoms with van der Waals surface area (Å²) in [7, 11) is -3.57.